The Labute approximate surface area is 114 Å². The van der Waals surface area contributed by atoms with Crippen molar-refractivity contribution in [3.63, 3.8) is 0 Å². The van der Waals surface area contributed by atoms with Crippen molar-refractivity contribution in [3.8, 4) is 0 Å². The highest BCUT2D eigenvalue weighted by atomic mass is 35.5. The molecule has 4 N–H and O–H groups in total. The maximum Gasteiger partial charge on any atom is 0.262 e. The first-order valence-corrected chi connectivity index (χ1v) is 5.60. The van der Waals surface area contributed by atoms with E-state index in [9.17, 15) is 14.4 Å². The molecule has 0 unspecified atom stereocenters. The van der Waals surface area contributed by atoms with Crippen LogP contribution in [0.25, 0.3) is 0 Å². The molecule has 0 saturated heterocycles. The van der Waals surface area contributed by atoms with Crippen LogP contribution in [0.5, 0.6) is 0 Å². The van der Waals surface area contributed by atoms with Gasteiger partial charge in [-0.25, -0.2) is 5.48 Å². The van der Waals surface area contributed by atoms with Crippen molar-refractivity contribution in [2.75, 3.05) is 13.2 Å². The van der Waals surface area contributed by atoms with Crippen molar-refractivity contribution in [2.45, 2.75) is 0 Å². The maximum absolute atomic E-state index is 11.7. The van der Waals surface area contributed by atoms with Crippen molar-refractivity contribution in [3.05, 3.63) is 34.9 Å². The van der Waals surface area contributed by atoms with Crippen molar-refractivity contribution >= 4 is 29.3 Å². The Morgan fingerprint density at radius 3 is 2.58 bits per heavy atom. The highest BCUT2D eigenvalue weighted by molar-refractivity contribution is 6.33. The van der Waals surface area contributed by atoms with Crippen LogP contribution in [0.15, 0.2) is 24.3 Å². The first-order valence-electron chi connectivity index (χ1n) is 5.22. The van der Waals surface area contributed by atoms with Gasteiger partial charge in [0.25, 0.3) is 11.8 Å². The molecule has 0 spiro atoms. The Kier molecular flexibility index (Phi) is 5.77. The summed E-state index contributed by atoms with van der Waals surface area (Å²) in [6, 6.07) is 6.42. The van der Waals surface area contributed by atoms with Crippen LogP contribution < -0.4 is 16.5 Å². The van der Waals surface area contributed by atoms with Gasteiger partial charge in [0.15, 0.2) is 6.61 Å². The van der Waals surface area contributed by atoms with Crippen LogP contribution in [-0.4, -0.2) is 30.9 Å². The molecule has 0 aliphatic rings. The Morgan fingerprint density at radius 2 is 1.95 bits per heavy atom. The summed E-state index contributed by atoms with van der Waals surface area (Å²) < 4.78 is 0. The molecule has 7 nitrogen and oxygen atoms in total. The van der Waals surface area contributed by atoms with Gasteiger partial charge in [-0.15, -0.1) is 0 Å². The molecular formula is C11H12ClN3O4. The third-order valence-corrected chi connectivity index (χ3v) is 2.26. The summed E-state index contributed by atoms with van der Waals surface area (Å²) in [4.78, 5) is 37.7. The number of hydrogen-bond donors (Lipinski definition) is 3. The number of nitrogens with two attached hydrogens (primary N) is 1. The Hall–Kier alpha value is -2.12. The minimum atomic E-state index is -0.722. The molecule has 19 heavy (non-hydrogen) atoms. The zero-order chi connectivity index (χ0) is 14.3. The standard InChI is InChI=1S/C11H12ClN3O4/c12-8-4-2-1-3-7(8)11(18)14-5-10(17)15-19-6-9(13)16/h1-4H,5-6H2,(H2,13,16)(H,14,18)(H,15,17). The predicted octanol–water partition coefficient (Wildman–Crippen LogP) is -0.397. The number of hydrogen-bond acceptors (Lipinski definition) is 4. The van der Waals surface area contributed by atoms with Gasteiger partial charge in [0, 0.05) is 0 Å². The second-order valence-electron chi connectivity index (χ2n) is 3.44. The molecule has 0 bridgehead atoms. The fraction of sp³-hybridized carbons (Fsp3) is 0.182. The van der Waals surface area contributed by atoms with Crippen LogP contribution in [0.4, 0.5) is 0 Å². The summed E-state index contributed by atoms with van der Waals surface area (Å²) in [5, 5.41) is 2.63. The van der Waals surface area contributed by atoms with Crippen molar-refractivity contribution < 1.29 is 19.2 Å². The van der Waals surface area contributed by atoms with Crippen molar-refractivity contribution in [2.24, 2.45) is 5.73 Å². The van der Waals surface area contributed by atoms with Gasteiger partial charge in [-0.1, -0.05) is 23.7 Å². The van der Waals surface area contributed by atoms with Crippen molar-refractivity contribution in [1.29, 1.82) is 0 Å². The van der Waals surface area contributed by atoms with Crippen LogP contribution in [0, 0.1) is 0 Å². The largest absolute Gasteiger partial charge is 0.368 e. The number of halogens is 1. The lowest BCUT2D eigenvalue weighted by atomic mass is 10.2. The van der Waals surface area contributed by atoms with E-state index in [1.54, 1.807) is 18.2 Å². The summed E-state index contributed by atoms with van der Waals surface area (Å²) >= 11 is 5.82. The minimum Gasteiger partial charge on any atom is -0.368 e. The van der Waals surface area contributed by atoms with Crippen LogP contribution in [0.3, 0.4) is 0 Å². The topological polar surface area (TPSA) is 111 Å². The van der Waals surface area contributed by atoms with Gasteiger partial charge in [-0.05, 0) is 12.1 Å². The number of carbonyl (C=O) groups excluding carboxylic acids is 3. The maximum atomic E-state index is 11.7. The molecule has 0 atom stereocenters. The summed E-state index contributed by atoms with van der Waals surface area (Å²) in [6.45, 7) is -0.757. The number of primary amides is 1. The normalized spacial score (nSPS) is 9.74. The van der Waals surface area contributed by atoms with Gasteiger partial charge in [0.05, 0.1) is 17.1 Å². The summed E-state index contributed by atoms with van der Waals surface area (Å²) in [6.07, 6.45) is 0. The minimum absolute atomic E-state index is 0.259. The molecule has 102 valence electrons. The van der Waals surface area contributed by atoms with E-state index in [1.807, 2.05) is 5.48 Å². The monoisotopic (exact) mass is 285 g/mol. The van der Waals surface area contributed by atoms with Gasteiger partial charge in [-0.3, -0.25) is 19.2 Å². The lowest BCUT2D eigenvalue weighted by Gasteiger charge is -2.07. The molecule has 3 amide bonds. The molecule has 1 rings (SSSR count). The highest BCUT2D eigenvalue weighted by Gasteiger charge is 2.10. The molecular weight excluding hydrogens is 274 g/mol. The van der Waals surface area contributed by atoms with Gasteiger partial charge in [0.2, 0.25) is 5.91 Å². The van der Waals surface area contributed by atoms with Gasteiger partial charge in [-0.2, -0.15) is 0 Å². The lowest BCUT2D eigenvalue weighted by Crippen LogP contribution is -2.38. The SMILES string of the molecule is NC(=O)CONC(=O)CNC(=O)c1ccccc1Cl. The number of carbonyl (C=O) groups is 3. The zero-order valence-corrected chi connectivity index (χ0v) is 10.6. The van der Waals surface area contributed by atoms with E-state index >= 15 is 0 Å². The summed E-state index contributed by atoms with van der Waals surface area (Å²) in [5.74, 6) is -1.84. The van der Waals surface area contributed by atoms with Crippen LogP contribution in [-0.2, 0) is 14.4 Å². The molecule has 0 saturated carbocycles. The first-order chi connectivity index (χ1) is 9.00. The van der Waals surface area contributed by atoms with E-state index in [0.717, 1.165) is 0 Å². The number of benzene rings is 1. The second kappa shape index (κ2) is 7.34. The summed E-state index contributed by atoms with van der Waals surface area (Å²) in [7, 11) is 0. The summed E-state index contributed by atoms with van der Waals surface area (Å²) in [5.41, 5.74) is 7.00. The molecule has 1 aromatic carbocycles. The molecule has 8 heteroatoms. The second-order valence-corrected chi connectivity index (χ2v) is 3.85. The number of nitrogens with one attached hydrogen (secondary N) is 2. The van der Waals surface area contributed by atoms with E-state index in [2.05, 4.69) is 10.2 Å². The van der Waals surface area contributed by atoms with Gasteiger partial charge >= 0.3 is 0 Å². The smallest absolute Gasteiger partial charge is 0.262 e. The van der Waals surface area contributed by atoms with E-state index < -0.39 is 24.3 Å². The third-order valence-electron chi connectivity index (χ3n) is 1.93. The Balaban J connectivity index is 2.36. The highest BCUT2D eigenvalue weighted by Crippen LogP contribution is 2.14. The first kappa shape index (κ1) is 14.9. The molecule has 0 radical (unpaired) electrons. The van der Waals surface area contributed by atoms with E-state index in [1.165, 1.54) is 6.07 Å². The van der Waals surface area contributed by atoms with Crippen LogP contribution >= 0.6 is 11.6 Å². The van der Waals surface area contributed by atoms with Crippen LogP contribution in [0.1, 0.15) is 10.4 Å². The number of amides is 3. The van der Waals surface area contributed by atoms with E-state index in [0.29, 0.717) is 0 Å². The van der Waals surface area contributed by atoms with E-state index in [4.69, 9.17) is 17.3 Å². The predicted molar refractivity (Wildman–Crippen MR) is 67.1 cm³/mol. The Bertz CT molecular complexity index is 493. The third kappa shape index (κ3) is 5.36. The quantitative estimate of drug-likeness (QED) is 0.618. The van der Waals surface area contributed by atoms with Crippen molar-refractivity contribution in [1.82, 2.24) is 10.8 Å². The molecule has 0 aromatic heterocycles. The van der Waals surface area contributed by atoms with E-state index in [-0.39, 0.29) is 17.1 Å². The number of rotatable bonds is 6. The average Bonchev–Trinajstić information content (AvgIpc) is 2.36. The van der Waals surface area contributed by atoms with Crippen LogP contribution in [0.2, 0.25) is 5.02 Å². The Morgan fingerprint density at radius 1 is 1.26 bits per heavy atom. The molecule has 0 fully saturated rings. The molecule has 0 heterocycles. The molecule has 0 aliphatic heterocycles. The molecule has 1 aromatic rings. The number of hydroxylamine groups is 1. The fourth-order valence-corrected chi connectivity index (χ4v) is 1.35. The fourth-order valence-electron chi connectivity index (χ4n) is 1.12. The average molecular weight is 286 g/mol. The van der Waals surface area contributed by atoms with Gasteiger partial charge in [0.1, 0.15) is 0 Å². The lowest BCUT2D eigenvalue weighted by molar-refractivity contribution is -0.137. The molecule has 0 aliphatic carbocycles. The zero-order valence-electron chi connectivity index (χ0n) is 9.81. The van der Waals surface area contributed by atoms with Gasteiger partial charge < -0.3 is 11.1 Å².